The van der Waals surface area contributed by atoms with Crippen LogP contribution in [0.1, 0.15) is 84.0 Å². The smallest absolute Gasteiger partial charge is 0.313 e. The van der Waals surface area contributed by atoms with Crippen LogP contribution in [0, 0.1) is 5.41 Å². The first-order valence-electron chi connectivity index (χ1n) is 8.79. The van der Waals surface area contributed by atoms with Crippen LogP contribution in [0.4, 0.5) is 0 Å². The van der Waals surface area contributed by atoms with E-state index in [2.05, 4.69) is 6.92 Å². The molecule has 1 unspecified atom stereocenters. The van der Waals surface area contributed by atoms with Crippen LogP contribution in [0.25, 0.3) is 0 Å². The molecule has 0 aromatic carbocycles. The molecule has 1 aliphatic rings. The van der Waals surface area contributed by atoms with E-state index in [1.807, 2.05) is 24.3 Å². The highest BCUT2D eigenvalue weighted by molar-refractivity contribution is 5.77. The molecule has 120 valence electrons. The standard InChI is InChI=1S/C19H32O2/c1-2-3-4-5-6-7-8-9-10-12-15-19(18(20)21)16-13-11-14-17-19/h11,13-14,16H,2-10,12,15,17H2,1H3,(H,20,21). The Hall–Kier alpha value is -1.05. The summed E-state index contributed by atoms with van der Waals surface area (Å²) in [6.07, 6.45) is 22.0. The van der Waals surface area contributed by atoms with Gasteiger partial charge in [0.15, 0.2) is 0 Å². The fraction of sp³-hybridized carbons (Fsp3) is 0.737. The van der Waals surface area contributed by atoms with E-state index in [4.69, 9.17) is 0 Å². The third-order valence-corrected chi connectivity index (χ3v) is 4.55. The van der Waals surface area contributed by atoms with Crippen LogP contribution >= 0.6 is 0 Å². The first kappa shape index (κ1) is 18.0. The molecule has 1 aliphatic carbocycles. The number of carbonyl (C=O) groups is 1. The second-order valence-electron chi connectivity index (χ2n) is 6.38. The Labute approximate surface area is 130 Å². The maximum atomic E-state index is 11.5. The lowest BCUT2D eigenvalue weighted by Crippen LogP contribution is -2.29. The van der Waals surface area contributed by atoms with Gasteiger partial charge in [-0.2, -0.15) is 0 Å². The monoisotopic (exact) mass is 292 g/mol. The molecule has 0 aromatic rings. The van der Waals surface area contributed by atoms with Crippen LogP contribution in [-0.2, 0) is 4.79 Å². The summed E-state index contributed by atoms with van der Waals surface area (Å²) >= 11 is 0. The van der Waals surface area contributed by atoms with Gasteiger partial charge in [-0.25, -0.2) is 0 Å². The topological polar surface area (TPSA) is 37.3 Å². The molecule has 2 nitrogen and oxygen atoms in total. The van der Waals surface area contributed by atoms with Gasteiger partial charge < -0.3 is 5.11 Å². The molecule has 0 fully saturated rings. The van der Waals surface area contributed by atoms with Crippen molar-refractivity contribution in [1.29, 1.82) is 0 Å². The summed E-state index contributed by atoms with van der Waals surface area (Å²) in [5, 5.41) is 9.45. The van der Waals surface area contributed by atoms with E-state index in [0.29, 0.717) is 6.42 Å². The second kappa shape index (κ2) is 10.6. The Morgan fingerprint density at radius 3 is 2.00 bits per heavy atom. The fourth-order valence-electron chi connectivity index (χ4n) is 3.04. The van der Waals surface area contributed by atoms with Crippen molar-refractivity contribution >= 4 is 5.97 Å². The van der Waals surface area contributed by atoms with E-state index in [0.717, 1.165) is 12.8 Å². The molecule has 0 aliphatic heterocycles. The summed E-state index contributed by atoms with van der Waals surface area (Å²) in [5.74, 6) is -0.668. The minimum atomic E-state index is -0.668. The maximum absolute atomic E-state index is 11.5. The maximum Gasteiger partial charge on any atom is 0.313 e. The van der Waals surface area contributed by atoms with Crippen LogP contribution in [0.2, 0.25) is 0 Å². The Kier molecular flexibility index (Phi) is 9.12. The molecule has 0 aromatic heterocycles. The molecule has 0 bridgehead atoms. The first-order valence-corrected chi connectivity index (χ1v) is 8.79. The molecule has 0 radical (unpaired) electrons. The molecule has 0 amide bonds. The zero-order valence-corrected chi connectivity index (χ0v) is 13.7. The van der Waals surface area contributed by atoms with Crippen molar-refractivity contribution in [2.75, 3.05) is 0 Å². The minimum Gasteiger partial charge on any atom is -0.481 e. The van der Waals surface area contributed by atoms with Gasteiger partial charge in [0.25, 0.3) is 0 Å². The minimum absolute atomic E-state index is 0.630. The Morgan fingerprint density at radius 2 is 1.52 bits per heavy atom. The quantitative estimate of drug-likeness (QED) is 0.456. The average Bonchev–Trinajstić information content (AvgIpc) is 2.50. The molecule has 2 heteroatoms. The summed E-state index contributed by atoms with van der Waals surface area (Å²) in [5.41, 5.74) is -0.630. The summed E-state index contributed by atoms with van der Waals surface area (Å²) in [7, 11) is 0. The highest BCUT2D eigenvalue weighted by Crippen LogP contribution is 2.34. The molecule has 0 heterocycles. The molecule has 0 saturated carbocycles. The highest BCUT2D eigenvalue weighted by atomic mass is 16.4. The Balaban J connectivity index is 2.04. The number of carboxylic acids is 1. The molecular weight excluding hydrogens is 260 g/mol. The molecular formula is C19H32O2. The number of hydrogen-bond donors (Lipinski definition) is 1. The van der Waals surface area contributed by atoms with Gasteiger partial charge in [0.05, 0.1) is 5.41 Å². The van der Waals surface area contributed by atoms with Gasteiger partial charge >= 0.3 is 5.97 Å². The Bertz CT molecular complexity index is 343. The largest absolute Gasteiger partial charge is 0.481 e. The van der Waals surface area contributed by atoms with E-state index in [9.17, 15) is 9.90 Å². The number of aliphatic carboxylic acids is 1. The van der Waals surface area contributed by atoms with Crippen molar-refractivity contribution in [1.82, 2.24) is 0 Å². The summed E-state index contributed by atoms with van der Waals surface area (Å²) in [6, 6.07) is 0. The van der Waals surface area contributed by atoms with Crippen molar-refractivity contribution < 1.29 is 9.90 Å². The van der Waals surface area contributed by atoms with Gasteiger partial charge in [-0.3, -0.25) is 4.79 Å². The summed E-state index contributed by atoms with van der Waals surface area (Å²) < 4.78 is 0. The molecule has 1 N–H and O–H groups in total. The van der Waals surface area contributed by atoms with Gasteiger partial charge in [-0.05, 0) is 12.8 Å². The number of carboxylic acid groups (broad SMARTS) is 1. The SMILES string of the molecule is CCCCCCCCCCCCC1(C(=O)O)C=CC=CC1. The van der Waals surface area contributed by atoms with E-state index >= 15 is 0 Å². The van der Waals surface area contributed by atoms with Gasteiger partial charge in [-0.15, -0.1) is 0 Å². The zero-order valence-electron chi connectivity index (χ0n) is 13.7. The highest BCUT2D eigenvalue weighted by Gasteiger charge is 2.34. The predicted molar refractivity (Wildman–Crippen MR) is 89.4 cm³/mol. The van der Waals surface area contributed by atoms with Gasteiger partial charge in [-0.1, -0.05) is 95.4 Å². The normalized spacial score (nSPS) is 20.8. The number of unbranched alkanes of at least 4 members (excludes halogenated alkanes) is 9. The van der Waals surface area contributed by atoms with E-state index in [-0.39, 0.29) is 0 Å². The van der Waals surface area contributed by atoms with Gasteiger partial charge in [0.1, 0.15) is 0 Å². The molecule has 1 atom stereocenters. The summed E-state index contributed by atoms with van der Waals surface area (Å²) in [6.45, 7) is 2.25. The lowest BCUT2D eigenvalue weighted by atomic mass is 9.77. The van der Waals surface area contributed by atoms with E-state index in [1.165, 1.54) is 57.8 Å². The third-order valence-electron chi connectivity index (χ3n) is 4.55. The van der Waals surface area contributed by atoms with Crippen LogP contribution < -0.4 is 0 Å². The average molecular weight is 292 g/mol. The fourth-order valence-corrected chi connectivity index (χ4v) is 3.04. The molecule has 0 spiro atoms. The van der Waals surface area contributed by atoms with Crippen molar-refractivity contribution in [2.24, 2.45) is 5.41 Å². The lowest BCUT2D eigenvalue weighted by Gasteiger charge is -2.26. The zero-order chi connectivity index (χ0) is 15.4. The molecule has 1 rings (SSSR count). The third kappa shape index (κ3) is 6.97. The van der Waals surface area contributed by atoms with Crippen LogP contribution in [0.3, 0.4) is 0 Å². The summed E-state index contributed by atoms with van der Waals surface area (Å²) in [4.78, 5) is 11.5. The van der Waals surface area contributed by atoms with Gasteiger partial charge in [0, 0.05) is 0 Å². The number of hydrogen-bond acceptors (Lipinski definition) is 1. The lowest BCUT2D eigenvalue weighted by molar-refractivity contribution is -0.146. The number of allylic oxidation sites excluding steroid dienone is 3. The van der Waals surface area contributed by atoms with Crippen molar-refractivity contribution in [3.63, 3.8) is 0 Å². The van der Waals surface area contributed by atoms with Crippen molar-refractivity contribution in [3.8, 4) is 0 Å². The van der Waals surface area contributed by atoms with E-state index < -0.39 is 11.4 Å². The van der Waals surface area contributed by atoms with Gasteiger partial charge in [0.2, 0.25) is 0 Å². The predicted octanol–water partition coefficient (Wildman–Crippen LogP) is 5.88. The molecule has 0 saturated heterocycles. The van der Waals surface area contributed by atoms with Crippen LogP contribution in [0.5, 0.6) is 0 Å². The molecule has 21 heavy (non-hydrogen) atoms. The van der Waals surface area contributed by atoms with Crippen LogP contribution in [0.15, 0.2) is 24.3 Å². The van der Waals surface area contributed by atoms with Crippen molar-refractivity contribution in [2.45, 2.75) is 84.0 Å². The van der Waals surface area contributed by atoms with E-state index in [1.54, 1.807) is 0 Å². The van der Waals surface area contributed by atoms with Crippen molar-refractivity contribution in [3.05, 3.63) is 24.3 Å². The number of rotatable bonds is 12. The second-order valence-corrected chi connectivity index (χ2v) is 6.38. The first-order chi connectivity index (χ1) is 10.2. The van der Waals surface area contributed by atoms with Crippen LogP contribution in [-0.4, -0.2) is 11.1 Å². The Morgan fingerprint density at radius 1 is 0.952 bits per heavy atom.